The van der Waals surface area contributed by atoms with Crippen molar-refractivity contribution in [3.63, 3.8) is 0 Å². The molecule has 0 amide bonds. The minimum Gasteiger partial charge on any atom is -0.380 e. The zero-order valence-electron chi connectivity index (χ0n) is 8.00. The lowest BCUT2D eigenvalue weighted by Gasteiger charge is -2.07. The highest BCUT2D eigenvalue weighted by Crippen LogP contribution is 2.15. The van der Waals surface area contributed by atoms with E-state index in [0.29, 0.717) is 6.61 Å². The molecule has 0 saturated heterocycles. The largest absolute Gasteiger partial charge is 0.380 e. The number of ether oxygens (including phenoxy) is 1. The first-order valence-corrected chi connectivity index (χ1v) is 4.33. The molecule has 0 aliphatic rings. The molecule has 0 spiro atoms. The Hall–Kier alpha value is -1.33. The van der Waals surface area contributed by atoms with Gasteiger partial charge in [0.15, 0.2) is 0 Å². The van der Waals surface area contributed by atoms with Crippen molar-refractivity contribution in [1.29, 1.82) is 5.26 Å². The fraction of sp³-hybridized carbons (Fsp3) is 0.364. The van der Waals surface area contributed by atoms with E-state index in [1.165, 1.54) is 0 Å². The summed E-state index contributed by atoms with van der Waals surface area (Å²) in [5.41, 5.74) is 2.98. The van der Waals surface area contributed by atoms with Gasteiger partial charge in [0.1, 0.15) is 0 Å². The molecule has 0 bridgehead atoms. The molecular formula is C11H13NO. The van der Waals surface area contributed by atoms with Crippen molar-refractivity contribution in [3.8, 4) is 6.07 Å². The predicted molar refractivity (Wildman–Crippen MR) is 51.2 cm³/mol. The number of methoxy groups -OCH3 is 1. The third kappa shape index (κ3) is 2.07. The van der Waals surface area contributed by atoms with E-state index in [4.69, 9.17) is 10.00 Å². The van der Waals surface area contributed by atoms with Gasteiger partial charge in [0, 0.05) is 7.11 Å². The van der Waals surface area contributed by atoms with Crippen LogP contribution in [0.4, 0.5) is 0 Å². The highest BCUT2D eigenvalue weighted by atomic mass is 16.5. The Labute approximate surface area is 78.8 Å². The van der Waals surface area contributed by atoms with Crippen LogP contribution >= 0.6 is 0 Å². The van der Waals surface area contributed by atoms with Crippen LogP contribution in [0.25, 0.3) is 0 Å². The van der Waals surface area contributed by atoms with Crippen LogP contribution in [-0.2, 0) is 17.8 Å². The SMILES string of the molecule is CCc1c(C#N)cccc1COC. The summed E-state index contributed by atoms with van der Waals surface area (Å²) in [7, 11) is 1.67. The van der Waals surface area contributed by atoms with E-state index in [0.717, 1.165) is 23.1 Å². The molecule has 0 unspecified atom stereocenters. The molecule has 0 aliphatic heterocycles. The Morgan fingerprint density at radius 2 is 2.23 bits per heavy atom. The van der Waals surface area contributed by atoms with Gasteiger partial charge in [-0.25, -0.2) is 0 Å². The van der Waals surface area contributed by atoms with Crippen LogP contribution in [0.15, 0.2) is 18.2 Å². The maximum absolute atomic E-state index is 8.85. The van der Waals surface area contributed by atoms with Gasteiger partial charge >= 0.3 is 0 Å². The van der Waals surface area contributed by atoms with Crippen molar-refractivity contribution in [2.75, 3.05) is 7.11 Å². The fourth-order valence-corrected chi connectivity index (χ4v) is 1.45. The van der Waals surface area contributed by atoms with Gasteiger partial charge in [-0.2, -0.15) is 5.26 Å². The number of benzene rings is 1. The predicted octanol–water partition coefficient (Wildman–Crippen LogP) is 2.27. The van der Waals surface area contributed by atoms with Crippen molar-refractivity contribution >= 4 is 0 Å². The summed E-state index contributed by atoms with van der Waals surface area (Å²) in [6.07, 6.45) is 0.877. The minimum atomic E-state index is 0.582. The first-order chi connectivity index (χ1) is 6.33. The van der Waals surface area contributed by atoms with Crippen LogP contribution in [0.2, 0.25) is 0 Å². The summed E-state index contributed by atoms with van der Waals surface area (Å²) in [4.78, 5) is 0. The van der Waals surface area contributed by atoms with Gasteiger partial charge in [-0.3, -0.25) is 0 Å². The second-order valence-electron chi connectivity index (χ2n) is 2.84. The molecule has 0 fully saturated rings. The first-order valence-electron chi connectivity index (χ1n) is 4.33. The molecule has 0 aromatic heterocycles. The number of nitriles is 1. The zero-order valence-corrected chi connectivity index (χ0v) is 8.00. The van der Waals surface area contributed by atoms with Crippen molar-refractivity contribution in [3.05, 3.63) is 34.9 Å². The Morgan fingerprint density at radius 1 is 1.46 bits per heavy atom. The van der Waals surface area contributed by atoms with Crippen LogP contribution in [0.1, 0.15) is 23.6 Å². The van der Waals surface area contributed by atoms with Gasteiger partial charge < -0.3 is 4.74 Å². The van der Waals surface area contributed by atoms with Crippen LogP contribution in [0.3, 0.4) is 0 Å². The standard InChI is InChI=1S/C11H13NO/c1-3-11-9(7-12)5-4-6-10(11)8-13-2/h4-6H,3,8H2,1-2H3. The second-order valence-corrected chi connectivity index (χ2v) is 2.84. The van der Waals surface area contributed by atoms with Crippen LogP contribution in [-0.4, -0.2) is 7.11 Å². The van der Waals surface area contributed by atoms with Crippen molar-refractivity contribution < 1.29 is 4.74 Å². The van der Waals surface area contributed by atoms with Gasteiger partial charge in [-0.05, 0) is 23.6 Å². The Bertz CT molecular complexity index is 325. The number of nitrogens with zero attached hydrogens (tertiary/aromatic N) is 1. The molecule has 0 radical (unpaired) electrons. The van der Waals surface area contributed by atoms with E-state index >= 15 is 0 Å². The molecule has 1 aromatic carbocycles. The van der Waals surface area contributed by atoms with Gasteiger partial charge in [0.25, 0.3) is 0 Å². The second kappa shape index (κ2) is 4.64. The molecule has 2 heteroatoms. The average molecular weight is 175 g/mol. The first kappa shape index (κ1) is 9.76. The average Bonchev–Trinajstić information content (AvgIpc) is 2.18. The number of rotatable bonds is 3. The van der Waals surface area contributed by atoms with Crippen LogP contribution < -0.4 is 0 Å². The van der Waals surface area contributed by atoms with Crippen LogP contribution in [0, 0.1) is 11.3 Å². The Kier molecular flexibility index (Phi) is 3.48. The van der Waals surface area contributed by atoms with Gasteiger partial charge in [-0.1, -0.05) is 19.1 Å². The number of hydrogen-bond acceptors (Lipinski definition) is 2. The summed E-state index contributed by atoms with van der Waals surface area (Å²) in [6.45, 7) is 2.63. The van der Waals surface area contributed by atoms with Crippen molar-refractivity contribution in [1.82, 2.24) is 0 Å². The van der Waals surface area contributed by atoms with E-state index in [1.807, 2.05) is 18.2 Å². The summed E-state index contributed by atoms with van der Waals surface area (Å²) in [5, 5.41) is 8.85. The maximum Gasteiger partial charge on any atom is 0.0994 e. The fourth-order valence-electron chi connectivity index (χ4n) is 1.45. The van der Waals surface area contributed by atoms with E-state index in [-0.39, 0.29) is 0 Å². The zero-order chi connectivity index (χ0) is 9.68. The molecule has 13 heavy (non-hydrogen) atoms. The molecule has 1 aromatic rings. The third-order valence-corrected chi connectivity index (χ3v) is 2.05. The summed E-state index contributed by atoms with van der Waals surface area (Å²) < 4.78 is 5.06. The Balaban J connectivity index is 3.13. The molecule has 68 valence electrons. The molecule has 0 atom stereocenters. The lowest BCUT2D eigenvalue weighted by Crippen LogP contribution is -1.97. The summed E-state index contributed by atoms with van der Waals surface area (Å²) in [5.74, 6) is 0. The maximum atomic E-state index is 8.85. The lowest BCUT2D eigenvalue weighted by molar-refractivity contribution is 0.184. The Morgan fingerprint density at radius 3 is 2.77 bits per heavy atom. The van der Waals surface area contributed by atoms with Crippen molar-refractivity contribution in [2.24, 2.45) is 0 Å². The minimum absolute atomic E-state index is 0.582. The topological polar surface area (TPSA) is 33.0 Å². The molecule has 0 aliphatic carbocycles. The molecule has 0 saturated carbocycles. The quantitative estimate of drug-likeness (QED) is 0.706. The van der Waals surface area contributed by atoms with Gasteiger partial charge in [-0.15, -0.1) is 0 Å². The molecule has 0 heterocycles. The third-order valence-electron chi connectivity index (χ3n) is 2.05. The molecule has 2 nitrogen and oxygen atoms in total. The van der Waals surface area contributed by atoms with Crippen molar-refractivity contribution in [2.45, 2.75) is 20.0 Å². The van der Waals surface area contributed by atoms with Crippen LogP contribution in [0.5, 0.6) is 0 Å². The highest BCUT2D eigenvalue weighted by molar-refractivity contribution is 5.42. The van der Waals surface area contributed by atoms with Gasteiger partial charge in [0.05, 0.1) is 18.2 Å². The molecule has 1 rings (SSSR count). The summed E-state index contributed by atoms with van der Waals surface area (Å²) >= 11 is 0. The van der Waals surface area contributed by atoms with Gasteiger partial charge in [0.2, 0.25) is 0 Å². The monoisotopic (exact) mass is 175 g/mol. The normalized spacial score (nSPS) is 9.62. The van der Waals surface area contributed by atoms with E-state index < -0.39 is 0 Å². The van der Waals surface area contributed by atoms with E-state index in [1.54, 1.807) is 7.11 Å². The number of hydrogen-bond donors (Lipinski definition) is 0. The smallest absolute Gasteiger partial charge is 0.0994 e. The highest BCUT2D eigenvalue weighted by Gasteiger charge is 2.04. The molecular weight excluding hydrogens is 162 g/mol. The van der Waals surface area contributed by atoms with E-state index in [2.05, 4.69) is 13.0 Å². The summed E-state index contributed by atoms with van der Waals surface area (Å²) in [6, 6.07) is 7.93. The molecule has 0 N–H and O–H groups in total. The van der Waals surface area contributed by atoms with E-state index in [9.17, 15) is 0 Å². The lowest BCUT2D eigenvalue weighted by atomic mass is 10.0.